The number of carboxylic acid groups (broad SMARTS) is 1. The van der Waals surface area contributed by atoms with Gasteiger partial charge in [0.15, 0.2) is 12.7 Å². The van der Waals surface area contributed by atoms with Crippen LogP contribution in [0.1, 0.15) is 79.1 Å². The van der Waals surface area contributed by atoms with E-state index in [1.807, 2.05) is 0 Å². The van der Waals surface area contributed by atoms with Crippen molar-refractivity contribution in [2.45, 2.75) is 91.3 Å². The van der Waals surface area contributed by atoms with Gasteiger partial charge < -0.3 is 25.5 Å². The van der Waals surface area contributed by atoms with Crippen LogP contribution < -0.4 is 5.32 Å². The first-order valence-corrected chi connectivity index (χ1v) is 13.1. The summed E-state index contributed by atoms with van der Waals surface area (Å²) < 4.78 is 0. The fourth-order valence-corrected chi connectivity index (χ4v) is 7.60. The van der Waals surface area contributed by atoms with E-state index < -0.39 is 23.4 Å². The maximum Gasteiger partial charge on any atom is 0.333 e. The third-order valence-electron chi connectivity index (χ3n) is 10.0. The van der Waals surface area contributed by atoms with Crippen LogP contribution in [0.25, 0.3) is 0 Å². The molecular weight excluding hydrogens is 448 g/mol. The molecule has 0 unspecified atom stereocenters. The van der Waals surface area contributed by atoms with E-state index in [2.05, 4.69) is 30.4 Å². The monoisotopic (exact) mass is 490 g/mol. The molecule has 8 heteroatoms. The van der Waals surface area contributed by atoms with E-state index in [1.54, 1.807) is 13.8 Å². The predicted molar refractivity (Wildman–Crippen MR) is 132 cm³/mol. The number of aliphatic hydroxyl groups excluding tert-OH is 2. The van der Waals surface area contributed by atoms with Crippen LogP contribution in [0, 0.1) is 34.0 Å². The molecule has 3 fully saturated rings. The summed E-state index contributed by atoms with van der Waals surface area (Å²) in [4.78, 5) is 28.5. The highest BCUT2D eigenvalue weighted by Crippen LogP contribution is 2.65. The molecule has 196 valence electrons. The van der Waals surface area contributed by atoms with E-state index in [9.17, 15) is 19.8 Å². The lowest BCUT2D eigenvalue weighted by Crippen LogP contribution is -2.51. The molecule has 0 spiro atoms. The highest BCUT2D eigenvalue weighted by Gasteiger charge is 2.58. The summed E-state index contributed by atoms with van der Waals surface area (Å²) in [6.45, 7) is 7.65. The second kappa shape index (κ2) is 9.51. The number of nitrogens with one attached hydrogen (secondary N) is 1. The molecule has 4 rings (SSSR count). The zero-order chi connectivity index (χ0) is 25.6. The number of amides is 1. The number of aliphatic hydroxyl groups is 2. The van der Waals surface area contributed by atoms with Gasteiger partial charge in [-0.15, -0.1) is 0 Å². The molecule has 0 aromatic heterocycles. The number of hydrogen-bond acceptors (Lipinski definition) is 6. The zero-order valence-electron chi connectivity index (χ0n) is 21.5. The largest absolute Gasteiger partial charge is 0.479 e. The summed E-state index contributed by atoms with van der Waals surface area (Å²) in [6.07, 6.45) is 8.93. The topological polar surface area (TPSA) is 128 Å². The van der Waals surface area contributed by atoms with Gasteiger partial charge in [0, 0.05) is 12.0 Å². The molecule has 7 atom stereocenters. The van der Waals surface area contributed by atoms with E-state index in [1.165, 1.54) is 18.4 Å². The standard InChI is InChI=1S/C27H42N2O6/c1-25(2,23(32)24(33)34)15-28-22(31)14-35-29-17-9-11-26(3)16(13-17)5-6-18-19-7-8-21(30)27(19,4)12-10-20(18)26/h13,18-21,23,30,32H,5-12,14-15H2,1-4H3,(H,28,31)(H,33,34)/b29-17-/t18-,19-,20-,21-,23+,26-,27-/m0/s1. The number of carbonyl (C=O) groups is 2. The van der Waals surface area contributed by atoms with Gasteiger partial charge in [-0.05, 0) is 86.0 Å². The first kappa shape index (κ1) is 26.1. The number of oxime groups is 1. The lowest BCUT2D eigenvalue weighted by molar-refractivity contribution is -0.153. The Labute approximate surface area is 208 Å². The number of carboxylic acids is 1. The van der Waals surface area contributed by atoms with Gasteiger partial charge in [-0.3, -0.25) is 4.79 Å². The van der Waals surface area contributed by atoms with Crippen molar-refractivity contribution >= 4 is 17.6 Å². The van der Waals surface area contributed by atoms with Crippen molar-refractivity contribution in [3.8, 4) is 0 Å². The van der Waals surface area contributed by atoms with Crippen LogP contribution in [0.2, 0.25) is 0 Å². The molecule has 4 N–H and O–H groups in total. The summed E-state index contributed by atoms with van der Waals surface area (Å²) in [5, 5.41) is 36.2. The van der Waals surface area contributed by atoms with Gasteiger partial charge in [0.05, 0.1) is 11.8 Å². The fraction of sp³-hybridized carbons (Fsp3) is 0.815. The molecule has 4 aliphatic rings. The quantitative estimate of drug-likeness (QED) is 0.406. The Balaban J connectivity index is 1.33. The number of allylic oxidation sites excluding steroid dienone is 2. The zero-order valence-corrected chi connectivity index (χ0v) is 21.5. The second-order valence-electron chi connectivity index (χ2n) is 12.5. The molecule has 8 nitrogen and oxygen atoms in total. The summed E-state index contributed by atoms with van der Waals surface area (Å²) in [7, 11) is 0. The van der Waals surface area contributed by atoms with Gasteiger partial charge in [-0.25, -0.2) is 4.79 Å². The molecule has 0 saturated heterocycles. The maximum absolute atomic E-state index is 12.1. The van der Waals surface area contributed by atoms with Crippen LogP contribution in [0.3, 0.4) is 0 Å². The normalized spacial score (nSPS) is 38.6. The van der Waals surface area contributed by atoms with Crippen LogP contribution in [0.5, 0.6) is 0 Å². The Morgan fingerprint density at radius 3 is 2.63 bits per heavy atom. The third kappa shape index (κ3) is 4.76. The SMILES string of the molecule is CC(C)(CNC(=O)CO/N=C1\C=C2CC[C@H]3[C@@H]4CC[C@H](O)[C@@]4(C)CC[C@@H]3[C@@]2(C)CC1)[C@H](O)C(=O)O. The van der Waals surface area contributed by atoms with Crippen LogP contribution in [-0.2, 0) is 14.4 Å². The van der Waals surface area contributed by atoms with Crippen molar-refractivity contribution < 1.29 is 29.7 Å². The van der Waals surface area contributed by atoms with Crippen molar-refractivity contribution in [3.05, 3.63) is 11.6 Å². The Morgan fingerprint density at radius 2 is 1.91 bits per heavy atom. The molecule has 0 radical (unpaired) electrons. The van der Waals surface area contributed by atoms with Crippen LogP contribution in [0.15, 0.2) is 16.8 Å². The van der Waals surface area contributed by atoms with Crippen LogP contribution in [-0.4, -0.2) is 58.3 Å². The van der Waals surface area contributed by atoms with Gasteiger partial charge in [0.2, 0.25) is 0 Å². The predicted octanol–water partition coefficient (Wildman–Crippen LogP) is 3.27. The summed E-state index contributed by atoms with van der Waals surface area (Å²) >= 11 is 0. The van der Waals surface area contributed by atoms with E-state index in [-0.39, 0.29) is 30.1 Å². The number of nitrogens with zero attached hydrogens (tertiary/aromatic N) is 1. The first-order valence-electron chi connectivity index (χ1n) is 13.1. The highest BCUT2D eigenvalue weighted by molar-refractivity contribution is 5.96. The van der Waals surface area contributed by atoms with Gasteiger partial charge in [-0.1, -0.05) is 38.4 Å². The van der Waals surface area contributed by atoms with Crippen LogP contribution in [0.4, 0.5) is 0 Å². The Kier molecular flexibility index (Phi) is 7.10. The molecule has 0 bridgehead atoms. The molecule has 35 heavy (non-hydrogen) atoms. The number of hydrogen-bond donors (Lipinski definition) is 4. The average Bonchev–Trinajstić information content (AvgIpc) is 3.11. The molecule has 0 aromatic rings. The molecule has 1 amide bonds. The minimum Gasteiger partial charge on any atom is -0.479 e. The van der Waals surface area contributed by atoms with Crippen molar-refractivity contribution in [1.82, 2.24) is 5.32 Å². The minimum absolute atomic E-state index is 0.0151. The van der Waals surface area contributed by atoms with Crippen molar-refractivity contribution in [2.24, 2.45) is 39.2 Å². The lowest BCUT2D eigenvalue weighted by atomic mass is 9.47. The lowest BCUT2D eigenvalue weighted by Gasteiger charge is -2.57. The van der Waals surface area contributed by atoms with Gasteiger partial charge in [0.1, 0.15) is 0 Å². The van der Waals surface area contributed by atoms with Crippen molar-refractivity contribution in [1.29, 1.82) is 0 Å². The van der Waals surface area contributed by atoms with E-state index in [0.717, 1.165) is 44.2 Å². The summed E-state index contributed by atoms with van der Waals surface area (Å²) in [5.74, 6) is 0.256. The number of fused-ring (bicyclic) bond motifs is 5. The van der Waals surface area contributed by atoms with Crippen molar-refractivity contribution in [2.75, 3.05) is 13.2 Å². The van der Waals surface area contributed by atoms with Crippen molar-refractivity contribution in [3.63, 3.8) is 0 Å². The van der Waals surface area contributed by atoms with E-state index in [4.69, 9.17) is 9.94 Å². The minimum atomic E-state index is -1.57. The molecule has 4 aliphatic carbocycles. The Hall–Kier alpha value is -1.93. The Bertz CT molecular complexity index is 913. The number of aliphatic carboxylic acids is 1. The molecule has 3 saturated carbocycles. The Morgan fingerprint density at radius 1 is 1.17 bits per heavy atom. The fourth-order valence-electron chi connectivity index (χ4n) is 7.60. The molecule has 0 aromatic carbocycles. The van der Waals surface area contributed by atoms with E-state index in [0.29, 0.717) is 17.8 Å². The van der Waals surface area contributed by atoms with Crippen LogP contribution >= 0.6 is 0 Å². The van der Waals surface area contributed by atoms with Gasteiger partial charge >= 0.3 is 5.97 Å². The average molecular weight is 491 g/mol. The maximum atomic E-state index is 12.1. The summed E-state index contributed by atoms with van der Waals surface area (Å²) in [5.41, 5.74) is 1.57. The molecule has 0 heterocycles. The first-order chi connectivity index (χ1) is 16.4. The third-order valence-corrected chi connectivity index (χ3v) is 10.0. The highest BCUT2D eigenvalue weighted by atomic mass is 16.6. The molecule has 0 aliphatic heterocycles. The second-order valence-corrected chi connectivity index (χ2v) is 12.5. The van der Waals surface area contributed by atoms with E-state index >= 15 is 0 Å². The van der Waals surface area contributed by atoms with Gasteiger partial charge in [0.25, 0.3) is 5.91 Å². The number of rotatable bonds is 7. The molecular formula is C27H42N2O6. The smallest absolute Gasteiger partial charge is 0.333 e. The summed E-state index contributed by atoms with van der Waals surface area (Å²) in [6, 6.07) is 0. The number of carbonyl (C=O) groups excluding carboxylic acids is 1. The van der Waals surface area contributed by atoms with Gasteiger partial charge in [-0.2, -0.15) is 0 Å².